The summed E-state index contributed by atoms with van der Waals surface area (Å²) in [4.78, 5) is 13.5. The van der Waals surface area contributed by atoms with Crippen molar-refractivity contribution in [3.05, 3.63) is 0 Å². The number of rotatable bonds is 49. The summed E-state index contributed by atoms with van der Waals surface area (Å²) < 4.78 is 0. The normalized spacial score (nSPS) is 11.5. The Hall–Kier alpha value is 0.0274. The third-order valence-electron chi connectivity index (χ3n) is 12.3. The maximum Gasteiger partial charge on any atom is 1.00 e. The first-order valence-electron chi connectivity index (χ1n) is 25.6. The van der Waals surface area contributed by atoms with E-state index >= 15 is 0 Å². The zero-order valence-corrected chi connectivity index (χ0v) is 38.7. The maximum absolute atomic E-state index is 11.1. The Morgan fingerprint density at radius 2 is 0.455 bits per heavy atom. The fraction of sp³-hybridized carbons (Fsp3) is 0.980. The van der Waals surface area contributed by atoms with Crippen LogP contribution in [0.1, 0.15) is 303 Å². The van der Waals surface area contributed by atoms with Gasteiger partial charge in [-0.1, -0.05) is 284 Å². The minimum atomic E-state index is -0.900. The van der Waals surface area contributed by atoms with E-state index in [1.54, 1.807) is 0 Å². The molecule has 0 radical (unpaired) electrons. The molecule has 0 aromatic carbocycles. The van der Waals surface area contributed by atoms with Crippen molar-refractivity contribution in [2.24, 2.45) is 0 Å². The van der Waals surface area contributed by atoms with Gasteiger partial charge in [0.1, 0.15) is 0 Å². The van der Waals surface area contributed by atoms with E-state index in [0.29, 0.717) is 6.54 Å². The summed E-state index contributed by atoms with van der Waals surface area (Å²) in [6.07, 6.45) is 62.6. The van der Waals surface area contributed by atoms with Crippen LogP contribution < -0.4 is 24.0 Å². The second-order valence-corrected chi connectivity index (χ2v) is 17.8. The Morgan fingerprint density at radius 3 is 0.618 bits per heavy atom. The van der Waals surface area contributed by atoms with E-state index < -0.39 is 5.97 Å². The molecule has 0 N–H and O–H groups in total. The molecule has 4 heteroatoms. The van der Waals surface area contributed by atoms with Gasteiger partial charge in [0.25, 0.3) is 0 Å². The summed E-state index contributed by atoms with van der Waals surface area (Å²) in [6, 6.07) is 0. The second-order valence-electron chi connectivity index (χ2n) is 17.8. The van der Waals surface area contributed by atoms with Gasteiger partial charge in [0.05, 0.1) is 0 Å². The van der Waals surface area contributed by atoms with Crippen LogP contribution in [0, 0.1) is 0 Å². The first-order valence-corrected chi connectivity index (χ1v) is 25.6. The monoisotopic (exact) mass is 768 g/mol. The van der Waals surface area contributed by atoms with Gasteiger partial charge in [-0.3, -0.25) is 0 Å². The zero-order valence-electron chi connectivity index (χ0n) is 38.7. The van der Waals surface area contributed by atoms with E-state index in [1.165, 1.54) is 283 Å². The molecule has 0 saturated heterocycles. The van der Waals surface area contributed by atoms with Gasteiger partial charge in [0.15, 0.2) is 0 Å². The van der Waals surface area contributed by atoms with Crippen LogP contribution in [-0.2, 0) is 4.79 Å². The smallest absolute Gasteiger partial charge is 0.550 e. The molecule has 0 aliphatic rings. The summed E-state index contributed by atoms with van der Waals surface area (Å²) in [7, 11) is 0. The number of hydrogen-bond donors (Lipinski definition) is 0. The van der Waals surface area contributed by atoms with E-state index in [9.17, 15) is 9.90 Å². The van der Waals surface area contributed by atoms with Crippen LogP contribution in [0.15, 0.2) is 0 Å². The predicted octanol–water partition coefficient (Wildman–Crippen LogP) is 13.6. The van der Waals surface area contributed by atoms with Gasteiger partial charge in [-0.25, -0.2) is 0 Å². The van der Waals surface area contributed by atoms with Crippen molar-refractivity contribution < 1.29 is 28.8 Å². The SMILES string of the molecule is CCCCCCCCCCCCCCCCCCCCCCCCN(CCCCCCCCCCCCCCCCCCCCCCCC)CCC(=O)[O-].[Li+]. The van der Waals surface area contributed by atoms with Gasteiger partial charge in [-0.05, 0) is 32.4 Å². The molecule has 0 aliphatic carbocycles. The van der Waals surface area contributed by atoms with E-state index in [4.69, 9.17) is 0 Å². The van der Waals surface area contributed by atoms with Crippen molar-refractivity contribution in [2.75, 3.05) is 19.6 Å². The predicted molar refractivity (Wildman–Crippen MR) is 241 cm³/mol. The van der Waals surface area contributed by atoms with E-state index in [-0.39, 0.29) is 25.3 Å². The van der Waals surface area contributed by atoms with E-state index in [2.05, 4.69) is 18.7 Å². The van der Waals surface area contributed by atoms with Crippen molar-refractivity contribution in [3.8, 4) is 0 Å². The zero-order chi connectivity index (χ0) is 39.1. The summed E-state index contributed by atoms with van der Waals surface area (Å²) in [5, 5.41) is 11.1. The number of nitrogens with zero attached hydrogens (tertiary/aromatic N) is 1. The molecule has 0 fully saturated rings. The molecular weight excluding hydrogens is 666 g/mol. The van der Waals surface area contributed by atoms with Crippen LogP contribution in [0.25, 0.3) is 0 Å². The first kappa shape index (κ1) is 57.1. The van der Waals surface area contributed by atoms with Crippen LogP contribution in [0.5, 0.6) is 0 Å². The number of carboxylic acid groups (broad SMARTS) is 1. The Balaban J connectivity index is 0. The van der Waals surface area contributed by atoms with Crippen LogP contribution >= 0.6 is 0 Å². The molecule has 0 aromatic heterocycles. The molecule has 55 heavy (non-hydrogen) atoms. The Bertz CT molecular complexity index is 640. The van der Waals surface area contributed by atoms with Gasteiger partial charge in [-0.2, -0.15) is 0 Å². The standard InChI is InChI=1S/C51H103NO2.Li/c1-3-5-7-9-11-13-15-17-19-21-23-25-27-29-31-33-35-37-39-41-43-45-48-52(50-47-51(53)54)49-46-44-42-40-38-36-34-32-30-28-26-24-22-20-18-16-14-12-10-8-6-4-2;/h3-50H2,1-2H3,(H,53,54);/q;+1/p-1. The van der Waals surface area contributed by atoms with Crippen LogP contribution in [0.4, 0.5) is 0 Å². The minimum Gasteiger partial charge on any atom is -0.550 e. The Kier molecular flexibility index (Phi) is 54.1. The molecule has 0 bridgehead atoms. The molecule has 0 amide bonds. The molecule has 0 rings (SSSR count). The summed E-state index contributed by atoms with van der Waals surface area (Å²) >= 11 is 0. The number of unbranched alkanes of at least 4 members (excludes halogenated alkanes) is 42. The summed E-state index contributed by atoms with van der Waals surface area (Å²) in [5.74, 6) is -0.900. The van der Waals surface area contributed by atoms with E-state index in [0.717, 1.165) is 13.1 Å². The molecule has 0 unspecified atom stereocenters. The average Bonchev–Trinajstić information content (AvgIpc) is 3.17. The minimum absolute atomic E-state index is 0. The Morgan fingerprint density at radius 1 is 0.291 bits per heavy atom. The topological polar surface area (TPSA) is 43.4 Å². The largest absolute Gasteiger partial charge is 1.00 e. The molecule has 0 saturated carbocycles. The second kappa shape index (κ2) is 52.0. The number of carbonyl (C=O) groups is 1. The van der Waals surface area contributed by atoms with E-state index in [1.807, 2.05) is 0 Å². The Labute approximate surface area is 360 Å². The number of carboxylic acids is 1. The van der Waals surface area contributed by atoms with Gasteiger partial charge in [-0.15, -0.1) is 0 Å². The van der Waals surface area contributed by atoms with Crippen molar-refractivity contribution in [3.63, 3.8) is 0 Å². The molecule has 3 nitrogen and oxygen atoms in total. The quantitative estimate of drug-likeness (QED) is 0.0457. The van der Waals surface area contributed by atoms with Crippen LogP contribution in [0.3, 0.4) is 0 Å². The molecule has 0 aliphatic heterocycles. The van der Waals surface area contributed by atoms with Gasteiger partial charge in [0, 0.05) is 12.5 Å². The molecule has 0 atom stereocenters. The third kappa shape index (κ3) is 52.0. The van der Waals surface area contributed by atoms with Gasteiger partial charge in [0.2, 0.25) is 0 Å². The molecular formula is C51H102LiNO2. The van der Waals surface area contributed by atoms with Crippen molar-refractivity contribution in [1.29, 1.82) is 0 Å². The van der Waals surface area contributed by atoms with Crippen molar-refractivity contribution in [2.45, 2.75) is 303 Å². The van der Waals surface area contributed by atoms with Crippen LogP contribution in [0.2, 0.25) is 0 Å². The number of aliphatic carboxylic acids is 1. The number of carbonyl (C=O) groups excluding carboxylic acids is 1. The van der Waals surface area contributed by atoms with Crippen molar-refractivity contribution in [1.82, 2.24) is 4.90 Å². The van der Waals surface area contributed by atoms with Crippen molar-refractivity contribution >= 4 is 5.97 Å². The first-order chi connectivity index (χ1) is 26.7. The maximum atomic E-state index is 11.1. The summed E-state index contributed by atoms with van der Waals surface area (Å²) in [5.41, 5.74) is 0. The fourth-order valence-electron chi connectivity index (χ4n) is 8.47. The summed E-state index contributed by atoms with van der Waals surface area (Å²) in [6.45, 7) is 7.39. The third-order valence-corrected chi connectivity index (χ3v) is 12.3. The molecule has 0 aromatic rings. The van der Waals surface area contributed by atoms with Gasteiger partial charge >= 0.3 is 18.9 Å². The molecule has 0 heterocycles. The molecule has 0 spiro atoms. The van der Waals surface area contributed by atoms with Crippen LogP contribution in [-0.4, -0.2) is 30.5 Å². The van der Waals surface area contributed by atoms with Gasteiger partial charge < -0.3 is 14.8 Å². The number of hydrogen-bond acceptors (Lipinski definition) is 3. The fourth-order valence-corrected chi connectivity index (χ4v) is 8.47. The average molecular weight is 768 g/mol. The molecule has 324 valence electrons.